The maximum atomic E-state index is 14.4. The van der Waals surface area contributed by atoms with E-state index in [1.165, 1.54) is 29.8 Å². The molecule has 0 aliphatic carbocycles. The van der Waals surface area contributed by atoms with E-state index >= 15 is 0 Å². The van der Waals surface area contributed by atoms with Crippen LogP contribution in [0.15, 0.2) is 132 Å². The Morgan fingerprint density at radius 1 is 0.815 bits per heavy atom. The van der Waals surface area contributed by atoms with Crippen molar-refractivity contribution in [2.75, 3.05) is 13.1 Å². The molecule has 0 radical (unpaired) electrons. The minimum Gasteiger partial charge on any atom is -0.350 e. The number of benzene rings is 5. The largest absolute Gasteiger partial charge is 0.350 e. The number of nitrogens with one attached hydrogen (secondary N) is 2. The van der Waals surface area contributed by atoms with E-state index in [1.54, 1.807) is 71.3 Å². The molecule has 2 fully saturated rings. The van der Waals surface area contributed by atoms with E-state index in [-0.39, 0.29) is 57.0 Å². The predicted octanol–water partition coefficient (Wildman–Crippen LogP) is 7.99. The predicted molar refractivity (Wildman–Crippen MR) is 211 cm³/mol. The Labute approximate surface area is 320 Å². The van der Waals surface area contributed by atoms with Crippen LogP contribution in [-0.2, 0) is 10.5 Å². The molecule has 5 aromatic rings. The normalized spacial score (nSPS) is 17.4. The van der Waals surface area contributed by atoms with E-state index in [0.717, 1.165) is 22.9 Å². The van der Waals surface area contributed by atoms with E-state index in [9.17, 15) is 28.4 Å². The maximum absolute atomic E-state index is 14.4. The average Bonchev–Trinajstić information content (AvgIpc) is 3.77. The van der Waals surface area contributed by atoms with E-state index in [0.29, 0.717) is 29.8 Å². The van der Waals surface area contributed by atoms with Gasteiger partial charge in [0.25, 0.3) is 23.0 Å². The molecule has 2 N–H and O–H groups in total. The van der Waals surface area contributed by atoms with Gasteiger partial charge in [0.1, 0.15) is 5.82 Å². The van der Waals surface area contributed by atoms with Crippen LogP contribution in [0.25, 0.3) is 17.2 Å². The number of hydrogen-bond donors (Lipinski definition) is 2. The van der Waals surface area contributed by atoms with Gasteiger partial charge in [-0.25, -0.2) is 4.39 Å². The number of rotatable bonds is 11. The standard InChI is InChI=1S/C43H34FN3O5S2/c44-32-20-18-29(19-21-32)39(48)36-12-6-7-13-37(36)42(51)47-25-34(53-26-31-10-4-5-11-35(31)28-8-2-1-3-9-28)23-33(47)24-45-40(49)30-16-14-27(15-17-30)22-38-41(50)46-43(52)54-38/h1-22,33-34H,23-26H2,(H,45,49)(H,46,50,52)/b38-22-/t33-,34+/m0/s1. The second kappa shape index (κ2) is 16.5. The fourth-order valence-electron chi connectivity index (χ4n) is 6.58. The van der Waals surface area contributed by atoms with Crippen LogP contribution in [0.2, 0.25) is 0 Å². The van der Waals surface area contributed by atoms with Crippen LogP contribution in [0.3, 0.4) is 0 Å². The Balaban J connectivity index is 1.10. The molecule has 0 unspecified atom stereocenters. The van der Waals surface area contributed by atoms with Crippen molar-refractivity contribution in [3.05, 3.63) is 171 Å². The lowest BCUT2D eigenvalue weighted by molar-refractivity contribution is -0.115. The molecule has 0 spiro atoms. The first kappa shape index (κ1) is 36.6. The molecular weight excluding hydrogens is 722 g/mol. The van der Waals surface area contributed by atoms with Crippen molar-refractivity contribution in [1.82, 2.24) is 15.5 Å². The van der Waals surface area contributed by atoms with Gasteiger partial charge in [-0.2, -0.15) is 11.8 Å². The molecule has 2 saturated heterocycles. The summed E-state index contributed by atoms with van der Waals surface area (Å²) in [6.45, 7) is 0.592. The Bertz CT molecular complexity index is 2260. The summed E-state index contributed by atoms with van der Waals surface area (Å²) >= 11 is 2.58. The molecule has 7 rings (SSSR count). The number of ketones is 1. The third-order valence-electron chi connectivity index (χ3n) is 9.33. The minimum atomic E-state index is -0.462. The smallest absolute Gasteiger partial charge is 0.290 e. The number of carbonyl (C=O) groups excluding carboxylic acids is 5. The summed E-state index contributed by atoms with van der Waals surface area (Å²) in [5.41, 5.74) is 5.24. The number of nitrogens with zero attached hydrogens (tertiary/aromatic N) is 1. The van der Waals surface area contributed by atoms with Gasteiger partial charge in [0.05, 0.1) is 16.5 Å². The highest BCUT2D eigenvalue weighted by molar-refractivity contribution is 8.18. The zero-order valence-corrected chi connectivity index (χ0v) is 30.5. The molecule has 8 nitrogen and oxygen atoms in total. The highest BCUT2D eigenvalue weighted by atomic mass is 32.2. The molecule has 0 saturated carbocycles. The van der Waals surface area contributed by atoms with Gasteiger partial charge in [0, 0.05) is 40.8 Å². The van der Waals surface area contributed by atoms with Crippen LogP contribution in [0, 0.1) is 5.82 Å². The minimum absolute atomic E-state index is 0.0458. The summed E-state index contributed by atoms with van der Waals surface area (Å²) in [6.07, 6.45) is 2.20. The molecule has 2 aliphatic rings. The molecule has 2 atom stereocenters. The van der Waals surface area contributed by atoms with Crippen LogP contribution in [-0.4, -0.2) is 58.0 Å². The number of carbonyl (C=O) groups is 5. The van der Waals surface area contributed by atoms with Crippen molar-refractivity contribution in [3.8, 4) is 11.1 Å². The van der Waals surface area contributed by atoms with Crippen LogP contribution in [0.4, 0.5) is 9.18 Å². The Kier molecular flexibility index (Phi) is 11.2. The lowest BCUT2D eigenvalue weighted by Crippen LogP contribution is -2.43. The van der Waals surface area contributed by atoms with E-state index in [4.69, 9.17) is 0 Å². The van der Waals surface area contributed by atoms with E-state index in [1.807, 2.05) is 30.3 Å². The lowest BCUT2D eigenvalue weighted by atomic mass is 9.97. The zero-order valence-electron chi connectivity index (χ0n) is 28.9. The zero-order chi connectivity index (χ0) is 37.6. The third kappa shape index (κ3) is 8.38. The first-order valence-corrected chi connectivity index (χ1v) is 19.2. The van der Waals surface area contributed by atoms with Crippen LogP contribution in [0.5, 0.6) is 0 Å². The number of amides is 4. The van der Waals surface area contributed by atoms with Crippen molar-refractivity contribution in [1.29, 1.82) is 0 Å². The summed E-state index contributed by atoms with van der Waals surface area (Å²) in [6, 6.07) is 36.6. The molecule has 0 aromatic heterocycles. The lowest BCUT2D eigenvalue weighted by Gasteiger charge is -2.26. The van der Waals surface area contributed by atoms with Crippen molar-refractivity contribution in [3.63, 3.8) is 0 Å². The topological polar surface area (TPSA) is 113 Å². The van der Waals surface area contributed by atoms with Crippen molar-refractivity contribution >= 4 is 58.3 Å². The Morgan fingerprint density at radius 2 is 1.48 bits per heavy atom. The summed E-state index contributed by atoms with van der Waals surface area (Å²) in [7, 11) is 0. The highest BCUT2D eigenvalue weighted by Gasteiger charge is 2.37. The second-order valence-electron chi connectivity index (χ2n) is 12.9. The Hall–Kier alpha value is -5.78. The van der Waals surface area contributed by atoms with Gasteiger partial charge in [-0.15, -0.1) is 0 Å². The summed E-state index contributed by atoms with van der Waals surface area (Å²) in [5, 5.41) is 4.84. The first-order chi connectivity index (χ1) is 26.2. The molecule has 0 bridgehead atoms. The Morgan fingerprint density at radius 3 is 2.20 bits per heavy atom. The van der Waals surface area contributed by atoms with Crippen LogP contribution < -0.4 is 10.6 Å². The average molecular weight is 756 g/mol. The van der Waals surface area contributed by atoms with E-state index < -0.39 is 17.0 Å². The van der Waals surface area contributed by atoms with Gasteiger partial charge >= 0.3 is 0 Å². The van der Waals surface area contributed by atoms with Gasteiger partial charge in [-0.3, -0.25) is 29.3 Å². The number of thioether (sulfide) groups is 2. The number of likely N-dealkylation sites (tertiary alicyclic amines) is 1. The SMILES string of the molecule is O=C1NC(=O)/C(=C/c2ccc(C(=O)NC[C@@H]3C[C@@H](SCc4ccccc4-c4ccccc4)CN3C(=O)c3ccccc3C(=O)c3ccc(F)cc3)cc2)S1. The molecule has 5 aromatic carbocycles. The third-order valence-corrected chi connectivity index (χ3v) is 11.4. The van der Waals surface area contributed by atoms with Crippen molar-refractivity contribution < 1.29 is 28.4 Å². The summed E-state index contributed by atoms with van der Waals surface area (Å²) < 4.78 is 13.6. The number of imide groups is 1. The quantitative estimate of drug-likeness (QED) is 0.104. The number of halogens is 1. The highest BCUT2D eigenvalue weighted by Crippen LogP contribution is 2.34. The van der Waals surface area contributed by atoms with Crippen molar-refractivity contribution in [2.24, 2.45) is 0 Å². The molecule has 11 heteroatoms. The molecule has 2 aliphatic heterocycles. The molecule has 4 amide bonds. The fourth-order valence-corrected chi connectivity index (χ4v) is 8.56. The van der Waals surface area contributed by atoms with E-state index in [2.05, 4.69) is 34.9 Å². The molecular formula is C43H34FN3O5S2. The molecule has 270 valence electrons. The van der Waals surface area contributed by atoms with Crippen molar-refractivity contribution in [2.45, 2.75) is 23.5 Å². The van der Waals surface area contributed by atoms with Gasteiger partial charge in [-0.05, 0) is 89.0 Å². The number of hydrogen-bond acceptors (Lipinski definition) is 7. The first-order valence-electron chi connectivity index (χ1n) is 17.3. The summed E-state index contributed by atoms with van der Waals surface area (Å²) in [4.78, 5) is 66.8. The molecule has 54 heavy (non-hydrogen) atoms. The van der Waals surface area contributed by atoms with Gasteiger partial charge in [-0.1, -0.05) is 84.9 Å². The van der Waals surface area contributed by atoms with Gasteiger partial charge in [0.15, 0.2) is 5.78 Å². The van der Waals surface area contributed by atoms with Crippen LogP contribution in [0.1, 0.15) is 54.2 Å². The fraction of sp³-hybridized carbons (Fsp3) is 0.140. The maximum Gasteiger partial charge on any atom is 0.290 e. The van der Waals surface area contributed by atoms with Crippen LogP contribution >= 0.6 is 23.5 Å². The second-order valence-corrected chi connectivity index (χ2v) is 15.2. The van der Waals surface area contributed by atoms with Gasteiger partial charge in [0.2, 0.25) is 0 Å². The van der Waals surface area contributed by atoms with Gasteiger partial charge < -0.3 is 10.2 Å². The summed E-state index contributed by atoms with van der Waals surface area (Å²) in [5.74, 6) is -1.24. The molecule has 2 heterocycles. The monoisotopic (exact) mass is 755 g/mol.